The first kappa shape index (κ1) is 29.1. The number of aromatic nitrogens is 1. The van der Waals surface area contributed by atoms with Crippen LogP contribution >= 0.6 is 0 Å². The summed E-state index contributed by atoms with van der Waals surface area (Å²) in [6, 6.07) is 14.8. The zero-order chi connectivity index (χ0) is 29.8. The lowest BCUT2D eigenvalue weighted by Crippen LogP contribution is -2.49. The van der Waals surface area contributed by atoms with Gasteiger partial charge in [0.05, 0.1) is 43.6 Å². The Balaban J connectivity index is 1.04. The van der Waals surface area contributed by atoms with Gasteiger partial charge in [-0.3, -0.25) is 14.6 Å². The maximum absolute atomic E-state index is 13.4. The van der Waals surface area contributed by atoms with Crippen molar-refractivity contribution < 1.29 is 28.9 Å². The molecule has 0 spiro atoms. The van der Waals surface area contributed by atoms with Crippen molar-refractivity contribution in [1.29, 1.82) is 0 Å². The van der Waals surface area contributed by atoms with Crippen molar-refractivity contribution in [3.63, 3.8) is 0 Å². The molecule has 2 amide bonds. The average molecular weight is 587 g/mol. The highest BCUT2D eigenvalue weighted by Gasteiger charge is 2.40. The van der Waals surface area contributed by atoms with Crippen molar-refractivity contribution in [2.45, 2.75) is 63.6 Å². The highest BCUT2D eigenvalue weighted by molar-refractivity contribution is 6.00. The average Bonchev–Trinajstić information content (AvgIpc) is 3.29. The topological polar surface area (TPSA) is 122 Å². The van der Waals surface area contributed by atoms with Crippen molar-refractivity contribution in [3.8, 4) is 11.5 Å². The molecule has 4 atom stereocenters. The molecule has 3 unspecified atom stereocenters. The highest BCUT2D eigenvalue weighted by Crippen LogP contribution is 2.32. The van der Waals surface area contributed by atoms with Crippen LogP contribution in [0.1, 0.15) is 57.2 Å². The third-order valence-corrected chi connectivity index (χ3v) is 8.51. The van der Waals surface area contributed by atoms with Crippen LogP contribution in [0.5, 0.6) is 11.5 Å². The van der Waals surface area contributed by atoms with Crippen LogP contribution in [-0.4, -0.2) is 77.4 Å². The van der Waals surface area contributed by atoms with Gasteiger partial charge in [-0.05, 0) is 85.3 Å². The predicted octanol–water partition coefficient (Wildman–Crippen LogP) is 2.87. The Morgan fingerprint density at radius 3 is 2.63 bits per heavy atom. The molecule has 10 heteroatoms. The van der Waals surface area contributed by atoms with E-state index in [0.29, 0.717) is 56.3 Å². The molecule has 3 aliphatic rings. The van der Waals surface area contributed by atoms with Crippen molar-refractivity contribution in [1.82, 2.24) is 20.5 Å². The van der Waals surface area contributed by atoms with Crippen LogP contribution in [0.3, 0.4) is 0 Å². The van der Waals surface area contributed by atoms with E-state index in [1.54, 1.807) is 30.6 Å². The molecule has 2 fully saturated rings. The van der Waals surface area contributed by atoms with Gasteiger partial charge in [0.2, 0.25) is 0 Å². The van der Waals surface area contributed by atoms with Crippen molar-refractivity contribution >= 4 is 11.8 Å². The van der Waals surface area contributed by atoms with Gasteiger partial charge in [0, 0.05) is 37.1 Å². The van der Waals surface area contributed by atoms with Crippen molar-refractivity contribution in [2.75, 3.05) is 26.4 Å². The fourth-order valence-corrected chi connectivity index (χ4v) is 6.19. The minimum atomic E-state index is -0.798. The lowest BCUT2D eigenvalue weighted by atomic mass is 9.92. The number of hydrogen-bond donors (Lipinski definition) is 3. The van der Waals surface area contributed by atoms with Gasteiger partial charge in [-0.15, -0.1) is 0 Å². The fourth-order valence-electron chi connectivity index (χ4n) is 6.19. The van der Waals surface area contributed by atoms with E-state index in [0.717, 1.165) is 35.3 Å². The van der Waals surface area contributed by atoms with Gasteiger partial charge < -0.3 is 34.9 Å². The number of benzene rings is 2. The van der Waals surface area contributed by atoms with Crippen molar-refractivity contribution in [2.24, 2.45) is 0 Å². The van der Waals surface area contributed by atoms with Gasteiger partial charge in [-0.1, -0.05) is 6.07 Å². The van der Waals surface area contributed by atoms with Gasteiger partial charge in [0.15, 0.2) is 0 Å². The number of fused-ring (bicyclic) bond motifs is 3. The van der Waals surface area contributed by atoms with Gasteiger partial charge in [-0.25, -0.2) is 0 Å². The van der Waals surface area contributed by atoms with Gasteiger partial charge in [0.1, 0.15) is 18.1 Å². The first-order chi connectivity index (χ1) is 21.0. The van der Waals surface area contributed by atoms with Crippen LogP contribution in [-0.2, 0) is 24.3 Å². The Labute approximate surface area is 251 Å². The summed E-state index contributed by atoms with van der Waals surface area (Å²) in [6.45, 7) is 4.44. The van der Waals surface area contributed by atoms with Crippen molar-refractivity contribution in [3.05, 3.63) is 88.7 Å². The molecule has 3 N–H and O–H groups in total. The van der Waals surface area contributed by atoms with E-state index >= 15 is 0 Å². The van der Waals surface area contributed by atoms with E-state index in [-0.39, 0.29) is 36.5 Å². The van der Waals surface area contributed by atoms with Gasteiger partial charge >= 0.3 is 0 Å². The summed E-state index contributed by atoms with van der Waals surface area (Å²) in [5, 5.41) is 17.2. The SMILES string of the molecule is CCOc1cc(C(=O)N2C3CCC2COC3)ccc1C(=O)NCC(O)[C@@H]1Cc2ccc(OCc3ccncc3)cc2CN1. The summed E-state index contributed by atoms with van der Waals surface area (Å²) >= 11 is 0. The number of amides is 2. The molecule has 0 aliphatic carbocycles. The molecule has 2 saturated heterocycles. The Bertz CT molecular complexity index is 1430. The standard InChI is InChI=1S/C33H38N4O6/c1-2-42-31-15-23(33(40)37-25-5-6-26(37)20-41-19-25)4-8-28(31)32(39)36-17-30(38)29-14-22-3-7-27(13-24(22)16-35-29)43-18-21-9-11-34-12-10-21/h3-4,7-13,15,25-26,29-30,35,38H,2,5-6,14,16-20H2,1H3,(H,36,39)/t25?,26?,29-,30?/m0/s1. The maximum Gasteiger partial charge on any atom is 0.255 e. The summed E-state index contributed by atoms with van der Waals surface area (Å²) in [7, 11) is 0. The van der Waals surface area contributed by atoms with E-state index < -0.39 is 6.10 Å². The quantitative estimate of drug-likeness (QED) is 0.332. The normalized spacial score (nSPS) is 21.5. The van der Waals surface area contributed by atoms with Gasteiger partial charge in [-0.2, -0.15) is 0 Å². The van der Waals surface area contributed by atoms with E-state index in [1.165, 1.54) is 0 Å². The predicted molar refractivity (Wildman–Crippen MR) is 159 cm³/mol. The number of rotatable bonds is 10. The third-order valence-electron chi connectivity index (χ3n) is 8.51. The van der Waals surface area contributed by atoms with E-state index in [1.807, 2.05) is 42.2 Å². The largest absolute Gasteiger partial charge is 0.493 e. The lowest BCUT2D eigenvalue weighted by molar-refractivity contribution is -0.00717. The first-order valence-electron chi connectivity index (χ1n) is 15.0. The molecular formula is C33H38N4O6. The summed E-state index contributed by atoms with van der Waals surface area (Å²) in [6.07, 6.45) is 5.21. The second kappa shape index (κ2) is 13.1. The zero-order valence-electron chi connectivity index (χ0n) is 24.3. The Kier molecular flexibility index (Phi) is 8.87. The fraction of sp³-hybridized carbons (Fsp3) is 0.424. The summed E-state index contributed by atoms with van der Waals surface area (Å²) in [5.41, 5.74) is 4.14. The molecule has 2 bridgehead atoms. The number of aliphatic hydroxyl groups excluding tert-OH is 1. The molecule has 10 nitrogen and oxygen atoms in total. The molecule has 0 saturated carbocycles. The molecule has 0 radical (unpaired) electrons. The summed E-state index contributed by atoms with van der Waals surface area (Å²) < 4.78 is 17.3. The monoisotopic (exact) mass is 586 g/mol. The molecule has 2 aromatic carbocycles. The van der Waals surface area contributed by atoms with Crippen LogP contribution in [0.15, 0.2) is 60.9 Å². The van der Waals surface area contributed by atoms with Gasteiger partial charge in [0.25, 0.3) is 11.8 Å². The number of aliphatic hydroxyl groups is 1. The van der Waals surface area contributed by atoms with Crippen LogP contribution < -0.4 is 20.1 Å². The number of carbonyl (C=O) groups is 2. The molecule has 1 aromatic heterocycles. The van der Waals surface area contributed by atoms with E-state index in [9.17, 15) is 14.7 Å². The van der Waals surface area contributed by atoms with Crippen LogP contribution in [0.2, 0.25) is 0 Å². The molecule has 6 rings (SSSR count). The number of carbonyl (C=O) groups excluding carboxylic acids is 2. The molecule has 226 valence electrons. The van der Waals surface area contributed by atoms with E-state index in [2.05, 4.69) is 15.6 Å². The number of ether oxygens (including phenoxy) is 3. The Morgan fingerprint density at radius 1 is 1.07 bits per heavy atom. The minimum Gasteiger partial charge on any atom is -0.493 e. The van der Waals surface area contributed by atoms with Crippen LogP contribution in [0.4, 0.5) is 0 Å². The smallest absolute Gasteiger partial charge is 0.255 e. The Morgan fingerprint density at radius 2 is 1.86 bits per heavy atom. The minimum absolute atomic E-state index is 0.0600. The second-order valence-electron chi connectivity index (χ2n) is 11.3. The Hall–Kier alpha value is -3.99. The second-order valence-corrected chi connectivity index (χ2v) is 11.3. The zero-order valence-corrected chi connectivity index (χ0v) is 24.3. The number of pyridine rings is 1. The number of morpholine rings is 1. The van der Waals surface area contributed by atoms with E-state index in [4.69, 9.17) is 14.2 Å². The van der Waals surface area contributed by atoms with Crippen LogP contribution in [0, 0.1) is 0 Å². The summed E-state index contributed by atoms with van der Waals surface area (Å²) in [5.74, 6) is 0.724. The first-order valence-corrected chi connectivity index (χ1v) is 15.0. The number of nitrogens with zero attached hydrogens (tertiary/aromatic N) is 2. The third kappa shape index (κ3) is 6.51. The molecule has 3 aliphatic heterocycles. The molecular weight excluding hydrogens is 548 g/mol. The summed E-state index contributed by atoms with van der Waals surface area (Å²) in [4.78, 5) is 32.5. The number of nitrogens with one attached hydrogen (secondary N) is 2. The highest BCUT2D eigenvalue weighted by atomic mass is 16.5. The molecule has 43 heavy (non-hydrogen) atoms. The molecule has 3 aromatic rings. The molecule has 4 heterocycles. The lowest BCUT2D eigenvalue weighted by Gasteiger charge is -2.34. The van der Waals surface area contributed by atoms with Crippen LogP contribution in [0.25, 0.3) is 0 Å². The maximum atomic E-state index is 13.4. The number of hydrogen-bond acceptors (Lipinski definition) is 8.